The molecule has 3 aliphatic rings. The lowest BCUT2D eigenvalue weighted by atomic mass is 9.86. The van der Waals surface area contributed by atoms with E-state index < -0.39 is 60.9 Å². The van der Waals surface area contributed by atoms with Crippen molar-refractivity contribution in [2.24, 2.45) is 11.8 Å². The Bertz CT molecular complexity index is 1450. The summed E-state index contributed by atoms with van der Waals surface area (Å²) < 4.78 is 39.7. The Morgan fingerprint density at radius 3 is 2.13 bits per heavy atom. The molecule has 46 heavy (non-hydrogen) atoms. The summed E-state index contributed by atoms with van der Waals surface area (Å²) in [5.74, 6) is -1.91. The van der Waals surface area contributed by atoms with Crippen LogP contribution in [0.2, 0.25) is 5.02 Å². The van der Waals surface area contributed by atoms with E-state index in [9.17, 15) is 24.3 Å². The standard InChI is InChI=1S/C33H37ClO12/c1-17(35)41-16-28-29(42-18(2)36)30(43-19(3)37)31(45-32(38)39)33(40-4,46-28)24-7-10-27(34)23(13-24)11-20-5-8-25(9-6-20)44-26-14-21-12-22(21)15-26/h5-10,13,21-22,26,28-31H,11-12,14-16H2,1-4H3,(H,38,39)/t21?,22?,26?,28-,29-,30+,31-,33?/m1/s1. The number of ether oxygens (including phenoxy) is 7. The van der Waals surface area contributed by atoms with Crippen LogP contribution in [0.3, 0.4) is 0 Å². The lowest BCUT2D eigenvalue weighted by Gasteiger charge is -2.50. The number of esters is 3. The van der Waals surface area contributed by atoms with E-state index in [0.717, 1.165) is 49.8 Å². The summed E-state index contributed by atoms with van der Waals surface area (Å²) in [7, 11) is 1.25. The van der Waals surface area contributed by atoms with Gasteiger partial charge in [0.15, 0.2) is 12.2 Å². The molecule has 2 aliphatic carbocycles. The molecule has 2 aromatic carbocycles. The van der Waals surface area contributed by atoms with E-state index in [0.29, 0.717) is 17.0 Å². The van der Waals surface area contributed by atoms with Crippen LogP contribution in [0.1, 0.15) is 56.7 Å². The molecule has 0 aromatic heterocycles. The molecule has 0 radical (unpaired) electrons. The number of hydrogen-bond acceptors (Lipinski definition) is 11. The molecule has 5 rings (SSSR count). The van der Waals surface area contributed by atoms with Crippen molar-refractivity contribution in [3.05, 3.63) is 64.2 Å². The lowest BCUT2D eigenvalue weighted by Crippen LogP contribution is -2.67. The topological polar surface area (TPSA) is 153 Å². The molecular weight excluding hydrogens is 624 g/mol. The van der Waals surface area contributed by atoms with Crippen LogP contribution in [-0.4, -0.2) is 73.4 Å². The highest BCUT2D eigenvalue weighted by Crippen LogP contribution is 2.52. The lowest BCUT2D eigenvalue weighted by molar-refractivity contribution is -0.367. The van der Waals surface area contributed by atoms with Gasteiger partial charge in [0.2, 0.25) is 11.9 Å². The molecular formula is C33H37ClO12. The van der Waals surface area contributed by atoms with Crippen molar-refractivity contribution >= 4 is 35.7 Å². The largest absolute Gasteiger partial charge is 0.506 e. The zero-order chi connectivity index (χ0) is 33.2. The van der Waals surface area contributed by atoms with Crippen molar-refractivity contribution in [2.45, 2.75) is 82.8 Å². The predicted octanol–water partition coefficient (Wildman–Crippen LogP) is 4.80. The molecule has 3 fully saturated rings. The summed E-state index contributed by atoms with van der Waals surface area (Å²) in [6.45, 7) is 2.93. The summed E-state index contributed by atoms with van der Waals surface area (Å²) >= 11 is 6.63. The minimum atomic E-state index is -2.07. The minimum absolute atomic E-state index is 0.253. The molecule has 2 saturated carbocycles. The first kappa shape index (κ1) is 33.5. The third kappa shape index (κ3) is 7.56. The van der Waals surface area contributed by atoms with Gasteiger partial charge >= 0.3 is 24.1 Å². The zero-order valence-corrected chi connectivity index (χ0v) is 26.7. The second-order valence-corrected chi connectivity index (χ2v) is 12.3. The zero-order valence-electron chi connectivity index (χ0n) is 25.9. The molecule has 248 valence electrons. The predicted molar refractivity (Wildman–Crippen MR) is 160 cm³/mol. The van der Waals surface area contributed by atoms with E-state index >= 15 is 0 Å². The van der Waals surface area contributed by atoms with Gasteiger partial charge < -0.3 is 38.3 Å². The number of carbonyl (C=O) groups is 4. The first-order chi connectivity index (χ1) is 21.9. The molecule has 7 atom stereocenters. The molecule has 1 saturated heterocycles. The van der Waals surface area contributed by atoms with E-state index in [-0.39, 0.29) is 11.7 Å². The van der Waals surface area contributed by atoms with E-state index in [1.165, 1.54) is 20.5 Å². The first-order valence-electron chi connectivity index (χ1n) is 15.0. The molecule has 2 aromatic rings. The van der Waals surface area contributed by atoms with E-state index in [1.54, 1.807) is 18.2 Å². The Balaban J connectivity index is 1.48. The van der Waals surface area contributed by atoms with Gasteiger partial charge in [-0.2, -0.15) is 0 Å². The fraction of sp³-hybridized carbons (Fsp3) is 0.515. The second kappa shape index (κ2) is 13.9. The van der Waals surface area contributed by atoms with Crippen molar-refractivity contribution < 1.29 is 57.4 Å². The fourth-order valence-electron chi connectivity index (χ4n) is 6.49. The summed E-state index contributed by atoms with van der Waals surface area (Å²) in [6, 6.07) is 12.6. The number of fused-ring (bicyclic) bond motifs is 1. The Hall–Kier alpha value is -3.87. The van der Waals surface area contributed by atoms with E-state index in [2.05, 4.69) is 0 Å². The number of methoxy groups -OCH3 is 1. The molecule has 13 heteroatoms. The minimum Gasteiger partial charge on any atom is -0.490 e. The second-order valence-electron chi connectivity index (χ2n) is 11.9. The monoisotopic (exact) mass is 660 g/mol. The van der Waals surface area contributed by atoms with Crippen LogP contribution >= 0.6 is 11.6 Å². The molecule has 1 aliphatic heterocycles. The maximum Gasteiger partial charge on any atom is 0.506 e. The summed E-state index contributed by atoms with van der Waals surface area (Å²) in [5, 5.41) is 10.2. The van der Waals surface area contributed by atoms with Gasteiger partial charge in [0.25, 0.3) is 0 Å². The van der Waals surface area contributed by atoms with Gasteiger partial charge in [-0.1, -0.05) is 29.8 Å². The highest BCUT2D eigenvalue weighted by Gasteiger charge is 2.62. The number of rotatable bonds is 11. The Labute approximate surface area is 271 Å². The van der Waals surface area contributed by atoms with Gasteiger partial charge in [-0.3, -0.25) is 14.4 Å². The third-order valence-electron chi connectivity index (χ3n) is 8.54. The van der Waals surface area contributed by atoms with Crippen molar-refractivity contribution in [1.82, 2.24) is 0 Å². The van der Waals surface area contributed by atoms with E-state index in [1.807, 2.05) is 24.3 Å². The average molecular weight is 661 g/mol. The van der Waals surface area contributed by atoms with Gasteiger partial charge in [-0.15, -0.1) is 0 Å². The number of hydrogen-bond donors (Lipinski definition) is 1. The van der Waals surface area contributed by atoms with Crippen molar-refractivity contribution in [2.75, 3.05) is 13.7 Å². The van der Waals surface area contributed by atoms with Crippen LogP contribution in [0.15, 0.2) is 42.5 Å². The van der Waals surface area contributed by atoms with Crippen molar-refractivity contribution in [1.29, 1.82) is 0 Å². The highest BCUT2D eigenvalue weighted by molar-refractivity contribution is 6.31. The number of benzene rings is 2. The Morgan fingerprint density at radius 2 is 1.54 bits per heavy atom. The van der Waals surface area contributed by atoms with Crippen molar-refractivity contribution in [3.8, 4) is 5.75 Å². The highest BCUT2D eigenvalue weighted by atomic mass is 35.5. The number of carboxylic acid groups (broad SMARTS) is 1. The Kier molecular flexibility index (Phi) is 10.1. The smallest absolute Gasteiger partial charge is 0.490 e. The summed E-state index contributed by atoms with van der Waals surface area (Å²) in [6.07, 6.45) is -3.56. The van der Waals surface area contributed by atoms with Gasteiger partial charge in [0.05, 0.1) is 6.10 Å². The maximum absolute atomic E-state index is 12.3. The van der Waals surface area contributed by atoms with Gasteiger partial charge in [0, 0.05) is 38.5 Å². The van der Waals surface area contributed by atoms with E-state index in [4.69, 9.17) is 44.8 Å². The van der Waals surface area contributed by atoms with Crippen LogP contribution in [0.25, 0.3) is 0 Å². The molecule has 1 N–H and O–H groups in total. The maximum atomic E-state index is 12.3. The van der Waals surface area contributed by atoms with Crippen LogP contribution in [0.5, 0.6) is 5.75 Å². The SMILES string of the molecule is COC1(c2ccc(Cl)c(Cc3ccc(OC4CC5CC5C4)cc3)c2)O[C@H](COC(C)=O)[C@@H](OC(C)=O)[C@H](OC(C)=O)[C@H]1OC(=O)O. The quantitative estimate of drug-likeness (QED) is 0.260. The van der Waals surface area contributed by atoms with Crippen LogP contribution < -0.4 is 4.74 Å². The molecule has 0 spiro atoms. The normalized spacial score (nSPS) is 29.6. The molecule has 3 unspecified atom stereocenters. The van der Waals surface area contributed by atoms with Crippen LogP contribution in [0, 0.1) is 11.8 Å². The van der Waals surface area contributed by atoms with Crippen molar-refractivity contribution in [3.63, 3.8) is 0 Å². The Morgan fingerprint density at radius 1 is 0.891 bits per heavy atom. The van der Waals surface area contributed by atoms with Gasteiger partial charge in [0.1, 0.15) is 18.5 Å². The van der Waals surface area contributed by atoms with Crippen LogP contribution in [-0.2, 0) is 55.0 Å². The molecule has 0 amide bonds. The van der Waals surface area contributed by atoms with Crippen LogP contribution in [0.4, 0.5) is 4.79 Å². The molecule has 0 bridgehead atoms. The number of carbonyl (C=O) groups excluding carboxylic acids is 3. The van der Waals surface area contributed by atoms with Gasteiger partial charge in [-0.25, -0.2) is 4.79 Å². The first-order valence-corrected chi connectivity index (χ1v) is 15.4. The summed E-state index contributed by atoms with van der Waals surface area (Å²) in [5.41, 5.74) is 1.82. The fourth-order valence-corrected chi connectivity index (χ4v) is 6.68. The number of halogens is 1. The van der Waals surface area contributed by atoms with Gasteiger partial charge in [-0.05, 0) is 72.9 Å². The average Bonchev–Trinajstić information content (AvgIpc) is 3.60. The molecule has 1 heterocycles. The molecule has 12 nitrogen and oxygen atoms in total. The summed E-state index contributed by atoms with van der Waals surface area (Å²) in [4.78, 5) is 48.1. The third-order valence-corrected chi connectivity index (χ3v) is 8.91.